The summed E-state index contributed by atoms with van der Waals surface area (Å²) >= 11 is 5.77. The van der Waals surface area contributed by atoms with Gasteiger partial charge in [-0.05, 0) is 17.7 Å². The van der Waals surface area contributed by atoms with Crippen LogP contribution in [0.2, 0.25) is 19.6 Å². The van der Waals surface area contributed by atoms with Gasteiger partial charge in [-0.2, -0.15) is 0 Å². The lowest BCUT2D eigenvalue weighted by atomic mass is 10.3. The quantitative estimate of drug-likeness (QED) is 0.316. The predicted octanol–water partition coefficient (Wildman–Crippen LogP) is 3.58. The van der Waals surface area contributed by atoms with Crippen molar-refractivity contribution in [3.8, 4) is 0 Å². The van der Waals surface area contributed by atoms with Crippen LogP contribution in [0, 0.1) is 0 Å². The number of alkyl halides is 1. The van der Waals surface area contributed by atoms with Gasteiger partial charge in [0.2, 0.25) is 5.91 Å². The molecule has 0 saturated heterocycles. The molecule has 0 heterocycles. The van der Waals surface area contributed by atoms with Gasteiger partial charge in [0, 0.05) is 12.3 Å². The van der Waals surface area contributed by atoms with E-state index in [0.29, 0.717) is 6.61 Å². The molecule has 1 aromatic rings. The molecule has 0 N–H and O–H groups in total. The third kappa shape index (κ3) is 5.45. The van der Waals surface area contributed by atoms with Crippen LogP contribution in [0.3, 0.4) is 0 Å². The molecule has 0 atom stereocenters. The van der Waals surface area contributed by atoms with Crippen LogP contribution in [0.4, 0.5) is 5.69 Å². The molecule has 0 fully saturated rings. The first-order valence-electron chi connectivity index (χ1n) is 7.45. The van der Waals surface area contributed by atoms with E-state index in [9.17, 15) is 4.79 Å². The summed E-state index contributed by atoms with van der Waals surface area (Å²) in [5.74, 6) is -0.143. The average Bonchev–Trinajstić information content (AvgIpc) is 2.46. The zero-order chi connectivity index (χ0) is 15.9. The van der Waals surface area contributed by atoms with E-state index in [-0.39, 0.29) is 18.5 Å². The number of hydrogen-bond donors (Lipinski definition) is 0. The number of nitrogens with zero attached hydrogens (tertiary/aromatic N) is 1. The van der Waals surface area contributed by atoms with Crippen molar-refractivity contribution in [3.05, 3.63) is 24.3 Å². The number of benzene rings is 1. The predicted molar refractivity (Wildman–Crippen MR) is 93.4 cm³/mol. The van der Waals surface area contributed by atoms with Crippen molar-refractivity contribution in [1.82, 2.24) is 0 Å². The van der Waals surface area contributed by atoms with Crippen LogP contribution < -0.4 is 10.1 Å². The van der Waals surface area contributed by atoms with Crippen LogP contribution in [-0.4, -0.2) is 33.2 Å². The lowest BCUT2D eigenvalue weighted by Crippen LogP contribution is -2.45. The van der Waals surface area contributed by atoms with Crippen molar-refractivity contribution < 1.29 is 9.53 Å². The number of para-hydroxylation sites is 1. The van der Waals surface area contributed by atoms with E-state index in [0.717, 1.165) is 18.5 Å². The molecule has 0 radical (unpaired) electrons. The molecule has 1 amide bonds. The number of rotatable bonds is 8. The lowest BCUT2D eigenvalue weighted by molar-refractivity contribution is -0.117. The number of amides is 1. The Hall–Kier alpha value is -0.843. The minimum Gasteiger partial charge on any atom is -0.361 e. The second kappa shape index (κ2) is 8.56. The zero-order valence-electron chi connectivity index (χ0n) is 13.5. The van der Waals surface area contributed by atoms with Crippen LogP contribution in [0.15, 0.2) is 24.3 Å². The first kappa shape index (κ1) is 18.2. The highest BCUT2D eigenvalue weighted by Gasteiger charge is 2.25. The number of unbranched alkanes of at least 4 members (excludes halogenated alkanes) is 1. The van der Waals surface area contributed by atoms with E-state index >= 15 is 0 Å². The Morgan fingerprint density at radius 1 is 1.29 bits per heavy atom. The van der Waals surface area contributed by atoms with Crippen LogP contribution >= 0.6 is 11.6 Å². The van der Waals surface area contributed by atoms with Crippen LogP contribution in [0.1, 0.15) is 19.8 Å². The van der Waals surface area contributed by atoms with Gasteiger partial charge < -0.3 is 4.74 Å². The number of ether oxygens (including phenoxy) is 1. The molecule has 1 aromatic carbocycles. The van der Waals surface area contributed by atoms with Gasteiger partial charge >= 0.3 is 0 Å². The molecule has 0 bridgehead atoms. The number of anilines is 1. The van der Waals surface area contributed by atoms with E-state index in [2.05, 4.69) is 32.6 Å². The molecule has 5 heteroatoms. The number of carbonyl (C=O) groups excluding carboxylic acids is 1. The molecule has 0 aliphatic carbocycles. The van der Waals surface area contributed by atoms with E-state index in [1.165, 1.54) is 5.19 Å². The Labute approximate surface area is 134 Å². The highest BCUT2D eigenvalue weighted by atomic mass is 35.5. The second-order valence-electron chi connectivity index (χ2n) is 6.11. The molecule has 118 valence electrons. The molecule has 21 heavy (non-hydrogen) atoms. The van der Waals surface area contributed by atoms with Crippen LogP contribution in [0.25, 0.3) is 0 Å². The molecule has 1 rings (SSSR count). The van der Waals surface area contributed by atoms with Gasteiger partial charge in [-0.3, -0.25) is 9.69 Å². The van der Waals surface area contributed by atoms with Crippen molar-refractivity contribution in [2.75, 3.05) is 24.1 Å². The van der Waals surface area contributed by atoms with Gasteiger partial charge in [0.05, 0.1) is 8.07 Å². The van der Waals surface area contributed by atoms with Gasteiger partial charge in [-0.15, -0.1) is 11.6 Å². The SMILES string of the molecule is CCCCOCN(C(=O)CCl)c1ccccc1[Si](C)(C)C. The maximum atomic E-state index is 12.2. The molecule has 0 aromatic heterocycles. The fourth-order valence-electron chi connectivity index (χ4n) is 2.09. The Balaban J connectivity index is 3.01. The summed E-state index contributed by atoms with van der Waals surface area (Å²) in [4.78, 5) is 13.9. The Morgan fingerprint density at radius 2 is 1.95 bits per heavy atom. The normalized spacial score (nSPS) is 11.5. The minimum atomic E-state index is -1.55. The summed E-state index contributed by atoms with van der Waals surface area (Å²) in [5, 5.41) is 1.25. The van der Waals surface area contributed by atoms with Gasteiger partial charge in [0.25, 0.3) is 0 Å². The maximum absolute atomic E-state index is 12.2. The summed E-state index contributed by atoms with van der Waals surface area (Å²) in [6.07, 6.45) is 2.08. The summed E-state index contributed by atoms with van der Waals surface area (Å²) in [5.41, 5.74) is 0.943. The largest absolute Gasteiger partial charge is 0.361 e. The van der Waals surface area contributed by atoms with Gasteiger partial charge in [-0.1, -0.05) is 51.2 Å². The molecule has 3 nitrogen and oxygen atoms in total. The van der Waals surface area contributed by atoms with E-state index in [1.54, 1.807) is 4.90 Å². The first-order valence-corrected chi connectivity index (χ1v) is 11.5. The lowest BCUT2D eigenvalue weighted by Gasteiger charge is -2.28. The summed E-state index contributed by atoms with van der Waals surface area (Å²) in [7, 11) is -1.55. The maximum Gasteiger partial charge on any atom is 0.243 e. The number of hydrogen-bond acceptors (Lipinski definition) is 2. The summed E-state index contributed by atoms with van der Waals surface area (Å²) < 4.78 is 5.64. The smallest absolute Gasteiger partial charge is 0.243 e. The van der Waals surface area contributed by atoms with Gasteiger partial charge in [-0.25, -0.2) is 0 Å². The third-order valence-corrected chi connectivity index (χ3v) is 5.55. The zero-order valence-corrected chi connectivity index (χ0v) is 15.2. The highest BCUT2D eigenvalue weighted by molar-refractivity contribution is 6.89. The first-order chi connectivity index (χ1) is 9.91. The van der Waals surface area contributed by atoms with Crippen molar-refractivity contribution in [1.29, 1.82) is 0 Å². The Kier molecular flexibility index (Phi) is 7.42. The van der Waals surface area contributed by atoms with E-state index < -0.39 is 8.07 Å². The molecule has 0 spiro atoms. The van der Waals surface area contributed by atoms with E-state index in [4.69, 9.17) is 16.3 Å². The Bertz CT molecular complexity index is 460. The van der Waals surface area contributed by atoms with Crippen molar-refractivity contribution in [2.24, 2.45) is 0 Å². The molecular formula is C16H26ClNO2Si. The molecule has 0 aliphatic heterocycles. The van der Waals surface area contributed by atoms with Crippen LogP contribution in [0.5, 0.6) is 0 Å². The minimum absolute atomic E-state index is 0.0306. The standard InChI is InChI=1S/C16H26ClNO2Si/c1-5-6-11-20-13-18(16(19)12-17)14-9-7-8-10-15(14)21(2,3)4/h7-10H,5-6,11-13H2,1-4H3. The average molecular weight is 328 g/mol. The topological polar surface area (TPSA) is 29.5 Å². The van der Waals surface area contributed by atoms with Crippen LogP contribution in [-0.2, 0) is 9.53 Å². The van der Waals surface area contributed by atoms with Crippen molar-refractivity contribution in [2.45, 2.75) is 39.4 Å². The fourth-order valence-corrected chi connectivity index (χ4v) is 3.82. The molecule has 0 saturated carbocycles. The molecular weight excluding hydrogens is 302 g/mol. The summed E-state index contributed by atoms with van der Waals surface area (Å²) in [6.45, 7) is 9.86. The summed E-state index contributed by atoms with van der Waals surface area (Å²) in [6, 6.07) is 8.08. The molecule has 0 unspecified atom stereocenters. The monoisotopic (exact) mass is 327 g/mol. The van der Waals surface area contributed by atoms with E-state index in [1.807, 2.05) is 18.2 Å². The van der Waals surface area contributed by atoms with Gasteiger partial charge in [0.1, 0.15) is 12.6 Å². The highest BCUT2D eigenvalue weighted by Crippen LogP contribution is 2.17. The van der Waals surface area contributed by atoms with Crippen molar-refractivity contribution >= 4 is 36.5 Å². The molecule has 0 aliphatic rings. The second-order valence-corrected chi connectivity index (χ2v) is 11.4. The number of halogens is 1. The third-order valence-electron chi connectivity index (χ3n) is 3.28. The Morgan fingerprint density at radius 3 is 2.52 bits per heavy atom. The van der Waals surface area contributed by atoms with Crippen molar-refractivity contribution in [3.63, 3.8) is 0 Å². The number of carbonyl (C=O) groups is 1. The fraction of sp³-hybridized carbons (Fsp3) is 0.562. The van der Waals surface area contributed by atoms with Gasteiger partial charge in [0.15, 0.2) is 0 Å².